The molecule has 0 saturated heterocycles. The second-order valence-corrected chi connectivity index (χ2v) is 6.75. The van der Waals surface area contributed by atoms with Gasteiger partial charge in [-0.3, -0.25) is 0 Å². The summed E-state index contributed by atoms with van der Waals surface area (Å²) in [6.07, 6.45) is 0. The molecule has 0 unspecified atom stereocenters. The van der Waals surface area contributed by atoms with Gasteiger partial charge in [-0.25, -0.2) is 0 Å². The number of para-hydroxylation sites is 1. The topological polar surface area (TPSA) is 82.4 Å². The van der Waals surface area contributed by atoms with Gasteiger partial charge in [0.05, 0.1) is 19.7 Å². The molecule has 0 fully saturated rings. The van der Waals surface area contributed by atoms with Gasteiger partial charge in [0.25, 0.3) is 5.89 Å². The number of ether oxygens (including phenoxy) is 3. The Morgan fingerprint density at radius 1 is 0.867 bits per heavy atom. The second-order valence-electron chi connectivity index (χ2n) is 6.75. The molecule has 0 saturated carbocycles. The van der Waals surface area contributed by atoms with Crippen LogP contribution < -0.4 is 14.2 Å². The van der Waals surface area contributed by atoms with Crippen LogP contribution in [0.3, 0.4) is 0 Å². The largest absolute Gasteiger partial charge is 0.493 e. The van der Waals surface area contributed by atoms with Crippen molar-refractivity contribution in [3.63, 3.8) is 0 Å². The van der Waals surface area contributed by atoms with Crippen molar-refractivity contribution < 1.29 is 18.7 Å². The fourth-order valence-electron chi connectivity index (χ4n) is 3.47. The van der Waals surface area contributed by atoms with Crippen molar-refractivity contribution in [1.82, 2.24) is 15.1 Å². The van der Waals surface area contributed by atoms with Crippen LogP contribution in [0.5, 0.6) is 17.2 Å². The minimum atomic E-state index is 0.173. The zero-order valence-corrected chi connectivity index (χ0v) is 16.5. The van der Waals surface area contributed by atoms with Gasteiger partial charge in [-0.2, -0.15) is 4.98 Å². The van der Waals surface area contributed by atoms with Gasteiger partial charge in [-0.15, -0.1) is 0 Å². The fraction of sp³-hybridized carbons (Fsp3) is 0.130. The number of rotatable bonds is 6. The van der Waals surface area contributed by atoms with Crippen LogP contribution in [-0.2, 0) is 6.61 Å². The molecule has 0 aliphatic rings. The lowest BCUT2D eigenvalue weighted by Crippen LogP contribution is -1.96. The van der Waals surface area contributed by atoms with Crippen molar-refractivity contribution in [1.29, 1.82) is 0 Å². The summed E-state index contributed by atoms with van der Waals surface area (Å²) in [6.45, 7) is 0.173. The molecule has 2 heterocycles. The normalized spacial score (nSPS) is 11.1. The molecule has 7 heteroatoms. The number of fused-ring (bicyclic) bond motifs is 3. The number of nitrogens with one attached hydrogen (secondary N) is 1. The van der Waals surface area contributed by atoms with Gasteiger partial charge in [0.1, 0.15) is 5.75 Å². The van der Waals surface area contributed by atoms with Crippen LogP contribution in [0.25, 0.3) is 33.2 Å². The summed E-state index contributed by atoms with van der Waals surface area (Å²) in [6, 6.07) is 19.6. The average molecular weight is 401 g/mol. The van der Waals surface area contributed by atoms with E-state index in [0.29, 0.717) is 23.2 Å². The van der Waals surface area contributed by atoms with E-state index in [1.165, 1.54) is 5.39 Å². The molecule has 0 amide bonds. The molecule has 0 aliphatic heterocycles. The standard InChI is InChI=1S/C23H19N3O4/c1-27-20-10-7-14(11-21(20)28-2)23-25-22(30-26-23)13-29-15-8-9-17-16-5-3-4-6-18(16)24-19(17)12-15/h3-12,24H,13H2,1-2H3. The summed E-state index contributed by atoms with van der Waals surface area (Å²) in [5.41, 5.74) is 2.88. The molecule has 0 radical (unpaired) electrons. The monoisotopic (exact) mass is 401 g/mol. The highest BCUT2D eigenvalue weighted by Gasteiger charge is 2.13. The van der Waals surface area contributed by atoms with E-state index in [-0.39, 0.29) is 6.61 Å². The summed E-state index contributed by atoms with van der Waals surface area (Å²) < 4.78 is 21.8. The van der Waals surface area contributed by atoms with Crippen molar-refractivity contribution in [2.45, 2.75) is 6.61 Å². The van der Waals surface area contributed by atoms with E-state index in [1.54, 1.807) is 26.4 Å². The van der Waals surface area contributed by atoms with E-state index in [2.05, 4.69) is 27.3 Å². The molecule has 0 bridgehead atoms. The third-order valence-electron chi connectivity index (χ3n) is 4.95. The molecular weight excluding hydrogens is 382 g/mol. The maximum Gasteiger partial charge on any atom is 0.264 e. The molecule has 150 valence electrons. The fourth-order valence-corrected chi connectivity index (χ4v) is 3.47. The molecule has 2 aromatic heterocycles. The predicted molar refractivity (Wildman–Crippen MR) is 113 cm³/mol. The van der Waals surface area contributed by atoms with E-state index in [1.807, 2.05) is 36.4 Å². The number of benzene rings is 3. The Hall–Kier alpha value is -4.00. The first kappa shape index (κ1) is 18.1. The van der Waals surface area contributed by atoms with Gasteiger partial charge in [-0.1, -0.05) is 23.4 Å². The van der Waals surface area contributed by atoms with E-state index < -0.39 is 0 Å². The third-order valence-corrected chi connectivity index (χ3v) is 4.95. The molecular formula is C23H19N3O4. The van der Waals surface area contributed by atoms with Crippen molar-refractivity contribution in [3.05, 3.63) is 66.6 Å². The molecule has 0 spiro atoms. The summed E-state index contributed by atoms with van der Waals surface area (Å²) in [7, 11) is 3.18. The van der Waals surface area contributed by atoms with Crippen molar-refractivity contribution >= 4 is 21.8 Å². The minimum Gasteiger partial charge on any atom is -0.493 e. The number of hydrogen-bond acceptors (Lipinski definition) is 6. The van der Waals surface area contributed by atoms with Gasteiger partial charge >= 0.3 is 0 Å². The molecule has 0 aliphatic carbocycles. The minimum absolute atomic E-state index is 0.173. The summed E-state index contributed by atoms with van der Waals surface area (Å²) in [5.74, 6) is 2.81. The second kappa shape index (κ2) is 7.44. The van der Waals surface area contributed by atoms with Crippen LogP contribution in [0.15, 0.2) is 65.2 Å². The molecule has 5 rings (SSSR count). The number of hydrogen-bond donors (Lipinski definition) is 1. The molecule has 3 aromatic carbocycles. The van der Waals surface area contributed by atoms with Crippen LogP contribution in [0, 0.1) is 0 Å². The Balaban J connectivity index is 1.34. The SMILES string of the molecule is COc1ccc(-c2noc(COc3ccc4c(c3)[nH]c3ccccc34)n2)cc1OC. The highest BCUT2D eigenvalue weighted by Crippen LogP contribution is 2.31. The lowest BCUT2D eigenvalue weighted by atomic mass is 10.1. The number of H-pyrrole nitrogens is 1. The molecule has 7 nitrogen and oxygen atoms in total. The van der Waals surface area contributed by atoms with E-state index in [0.717, 1.165) is 27.7 Å². The molecule has 0 atom stereocenters. The van der Waals surface area contributed by atoms with E-state index >= 15 is 0 Å². The zero-order chi connectivity index (χ0) is 20.5. The van der Waals surface area contributed by atoms with Crippen LogP contribution in [0.2, 0.25) is 0 Å². The number of methoxy groups -OCH3 is 2. The van der Waals surface area contributed by atoms with Gasteiger partial charge in [0.15, 0.2) is 18.1 Å². The average Bonchev–Trinajstić information content (AvgIpc) is 3.41. The summed E-state index contributed by atoms with van der Waals surface area (Å²) >= 11 is 0. The van der Waals surface area contributed by atoms with Crippen LogP contribution in [-0.4, -0.2) is 29.3 Å². The molecule has 5 aromatic rings. The van der Waals surface area contributed by atoms with Crippen molar-refractivity contribution in [2.75, 3.05) is 14.2 Å². The number of nitrogens with zero attached hydrogens (tertiary/aromatic N) is 2. The van der Waals surface area contributed by atoms with Crippen molar-refractivity contribution in [2.24, 2.45) is 0 Å². The first-order valence-corrected chi connectivity index (χ1v) is 9.43. The first-order chi connectivity index (χ1) is 14.7. The maximum absolute atomic E-state index is 5.87. The van der Waals surface area contributed by atoms with Crippen molar-refractivity contribution in [3.8, 4) is 28.6 Å². The predicted octanol–water partition coefficient (Wildman–Crippen LogP) is 4.97. The quantitative estimate of drug-likeness (QED) is 0.433. The van der Waals surface area contributed by atoms with Crippen LogP contribution in [0.1, 0.15) is 5.89 Å². The maximum atomic E-state index is 5.87. The van der Waals surface area contributed by atoms with Gasteiger partial charge in [0.2, 0.25) is 5.82 Å². The summed E-state index contributed by atoms with van der Waals surface area (Å²) in [5, 5.41) is 6.39. The Bertz CT molecular complexity index is 1340. The molecule has 30 heavy (non-hydrogen) atoms. The number of aromatic amines is 1. The molecule has 1 N–H and O–H groups in total. The van der Waals surface area contributed by atoms with Gasteiger partial charge < -0.3 is 23.7 Å². The highest BCUT2D eigenvalue weighted by atomic mass is 16.5. The van der Waals surface area contributed by atoms with Gasteiger partial charge in [-0.05, 0) is 36.4 Å². The lowest BCUT2D eigenvalue weighted by Gasteiger charge is -2.07. The van der Waals surface area contributed by atoms with Gasteiger partial charge in [0, 0.05) is 27.9 Å². The Morgan fingerprint density at radius 3 is 2.57 bits per heavy atom. The summed E-state index contributed by atoms with van der Waals surface area (Å²) in [4.78, 5) is 7.83. The smallest absolute Gasteiger partial charge is 0.264 e. The highest BCUT2D eigenvalue weighted by molar-refractivity contribution is 6.07. The third kappa shape index (κ3) is 3.20. The van der Waals surface area contributed by atoms with E-state index in [4.69, 9.17) is 18.7 Å². The lowest BCUT2D eigenvalue weighted by molar-refractivity contribution is 0.243. The first-order valence-electron chi connectivity index (χ1n) is 9.43. The van der Waals surface area contributed by atoms with Crippen LogP contribution in [0.4, 0.5) is 0 Å². The Labute approximate surface area is 172 Å². The van der Waals surface area contributed by atoms with E-state index in [9.17, 15) is 0 Å². The Kier molecular flexibility index (Phi) is 4.48. The number of aromatic nitrogens is 3. The van der Waals surface area contributed by atoms with Crippen LogP contribution >= 0.6 is 0 Å². The Morgan fingerprint density at radius 2 is 1.70 bits per heavy atom. The zero-order valence-electron chi connectivity index (χ0n) is 16.5.